The van der Waals surface area contributed by atoms with Gasteiger partial charge in [0.15, 0.2) is 0 Å². The van der Waals surface area contributed by atoms with Gasteiger partial charge < -0.3 is 4.98 Å². The lowest BCUT2D eigenvalue weighted by molar-refractivity contribution is -0.137. The van der Waals surface area contributed by atoms with Crippen LogP contribution in [0.1, 0.15) is 17.0 Å². The molecule has 0 saturated carbocycles. The average Bonchev–Trinajstić information content (AvgIpc) is 3.13. The number of hydrogen-bond acceptors (Lipinski definition) is 3. The maximum absolute atomic E-state index is 14.0. The van der Waals surface area contributed by atoms with E-state index < -0.39 is 27.6 Å². The minimum Gasteiger partial charge on any atom is -0.338 e. The molecular formula is C22H15F4N3O2S. The van der Waals surface area contributed by atoms with Crippen molar-refractivity contribution in [3.63, 3.8) is 0 Å². The molecule has 0 radical (unpaired) electrons. The summed E-state index contributed by atoms with van der Waals surface area (Å²) in [6, 6.07) is 13.6. The Bertz CT molecular complexity index is 1460. The van der Waals surface area contributed by atoms with Crippen LogP contribution in [0.2, 0.25) is 0 Å². The molecule has 0 unspecified atom stereocenters. The molecule has 4 aromatic rings. The molecule has 4 rings (SSSR count). The number of imidazole rings is 1. The number of nitrogens with zero attached hydrogens (tertiary/aromatic N) is 1. The van der Waals surface area contributed by atoms with Gasteiger partial charge in [-0.05, 0) is 48.0 Å². The predicted molar refractivity (Wildman–Crippen MR) is 113 cm³/mol. The van der Waals surface area contributed by atoms with E-state index in [4.69, 9.17) is 5.14 Å². The summed E-state index contributed by atoms with van der Waals surface area (Å²) in [7, 11) is -3.93. The van der Waals surface area contributed by atoms with Gasteiger partial charge in [-0.25, -0.2) is 22.9 Å². The van der Waals surface area contributed by atoms with Crippen LogP contribution in [0.4, 0.5) is 17.6 Å². The third-order valence-corrected chi connectivity index (χ3v) is 5.72. The van der Waals surface area contributed by atoms with Gasteiger partial charge in [0.05, 0.1) is 21.5 Å². The SMILES string of the molecule is NS(=O)(=O)c1ccccc1-c1ccc2nc(/C=C/c3ccc(C(F)(F)F)cc3F)[nH]c2c1. The Morgan fingerprint density at radius 1 is 0.969 bits per heavy atom. The largest absolute Gasteiger partial charge is 0.416 e. The second-order valence-electron chi connectivity index (χ2n) is 6.96. The average molecular weight is 461 g/mol. The predicted octanol–water partition coefficient (Wildman–Crippen LogP) is 5.21. The van der Waals surface area contributed by atoms with E-state index in [2.05, 4.69) is 9.97 Å². The summed E-state index contributed by atoms with van der Waals surface area (Å²) in [6.07, 6.45) is -1.88. The van der Waals surface area contributed by atoms with E-state index in [0.29, 0.717) is 34.1 Å². The first kappa shape index (κ1) is 21.7. The Morgan fingerprint density at radius 3 is 2.41 bits per heavy atom. The van der Waals surface area contributed by atoms with E-state index in [1.54, 1.807) is 36.4 Å². The molecule has 0 aliphatic heterocycles. The van der Waals surface area contributed by atoms with Crippen molar-refractivity contribution in [2.45, 2.75) is 11.1 Å². The Kier molecular flexibility index (Phi) is 5.35. The smallest absolute Gasteiger partial charge is 0.338 e. The molecular weight excluding hydrogens is 446 g/mol. The van der Waals surface area contributed by atoms with Crippen LogP contribution in [0.15, 0.2) is 65.6 Å². The van der Waals surface area contributed by atoms with E-state index in [0.717, 1.165) is 12.1 Å². The summed E-state index contributed by atoms with van der Waals surface area (Å²) >= 11 is 0. The molecule has 3 N–H and O–H groups in total. The summed E-state index contributed by atoms with van der Waals surface area (Å²) in [6.45, 7) is 0. The van der Waals surface area contributed by atoms with Crippen molar-refractivity contribution < 1.29 is 26.0 Å². The summed E-state index contributed by atoms with van der Waals surface area (Å²) < 4.78 is 75.8. The Morgan fingerprint density at radius 2 is 1.72 bits per heavy atom. The van der Waals surface area contributed by atoms with Gasteiger partial charge in [-0.1, -0.05) is 30.3 Å². The lowest BCUT2D eigenvalue weighted by Crippen LogP contribution is -2.13. The van der Waals surface area contributed by atoms with Crippen molar-refractivity contribution in [1.82, 2.24) is 9.97 Å². The van der Waals surface area contributed by atoms with Gasteiger partial charge in [-0.15, -0.1) is 0 Å². The second kappa shape index (κ2) is 7.88. The number of nitrogens with two attached hydrogens (primary N) is 1. The van der Waals surface area contributed by atoms with Crippen LogP contribution in [-0.4, -0.2) is 18.4 Å². The summed E-state index contributed by atoms with van der Waals surface area (Å²) in [4.78, 5) is 7.32. The monoisotopic (exact) mass is 461 g/mol. The normalized spacial score (nSPS) is 12.7. The molecule has 0 bridgehead atoms. The fourth-order valence-corrected chi connectivity index (χ4v) is 4.00. The molecule has 5 nitrogen and oxygen atoms in total. The van der Waals surface area contributed by atoms with Crippen molar-refractivity contribution >= 4 is 33.2 Å². The third kappa shape index (κ3) is 4.41. The maximum Gasteiger partial charge on any atom is 0.416 e. The number of hydrogen-bond donors (Lipinski definition) is 2. The molecule has 1 heterocycles. The van der Waals surface area contributed by atoms with Crippen LogP contribution in [0.5, 0.6) is 0 Å². The minimum absolute atomic E-state index is 0.0169. The van der Waals surface area contributed by atoms with Crippen LogP contribution in [0.3, 0.4) is 0 Å². The number of benzene rings is 3. The molecule has 0 aliphatic carbocycles. The van der Waals surface area contributed by atoms with Crippen molar-refractivity contribution in [3.8, 4) is 11.1 Å². The van der Waals surface area contributed by atoms with Crippen LogP contribution in [0, 0.1) is 5.82 Å². The molecule has 32 heavy (non-hydrogen) atoms. The molecule has 0 amide bonds. The van der Waals surface area contributed by atoms with Gasteiger partial charge >= 0.3 is 6.18 Å². The molecule has 0 aliphatic rings. The zero-order valence-corrected chi connectivity index (χ0v) is 17.0. The first-order chi connectivity index (χ1) is 15.0. The van der Waals surface area contributed by atoms with Crippen LogP contribution >= 0.6 is 0 Å². The molecule has 3 aromatic carbocycles. The lowest BCUT2D eigenvalue weighted by atomic mass is 10.1. The number of alkyl halides is 3. The Hall–Kier alpha value is -3.50. The van der Waals surface area contributed by atoms with Gasteiger partial charge in [-0.2, -0.15) is 13.2 Å². The number of rotatable bonds is 4. The number of sulfonamides is 1. The molecule has 0 spiro atoms. The Balaban J connectivity index is 1.67. The lowest BCUT2D eigenvalue weighted by Gasteiger charge is -2.07. The van der Waals surface area contributed by atoms with E-state index in [1.807, 2.05) is 0 Å². The van der Waals surface area contributed by atoms with Crippen molar-refractivity contribution in [2.24, 2.45) is 5.14 Å². The number of aromatic amines is 1. The summed E-state index contributed by atoms with van der Waals surface area (Å²) in [5.74, 6) is -0.662. The van der Waals surface area contributed by atoms with Gasteiger partial charge in [0.25, 0.3) is 0 Å². The minimum atomic E-state index is -4.62. The standard InChI is InChI=1S/C22H15F4N3O2S/c23-17-12-15(22(24,25)26)8-5-13(17)7-10-21-28-18-9-6-14(11-19(18)29-21)16-3-1-2-4-20(16)32(27,30)31/h1-12H,(H,28,29)(H2,27,30,31)/b10-7+. The number of fused-ring (bicyclic) bond motifs is 1. The van der Waals surface area contributed by atoms with Crippen LogP contribution < -0.4 is 5.14 Å². The molecule has 10 heteroatoms. The highest BCUT2D eigenvalue weighted by atomic mass is 32.2. The fraction of sp³-hybridized carbons (Fsp3) is 0.0455. The number of aromatic nitrogens is 2. The number of halogens is 4. The molecule has 1 aromatic heterocycles. The van der Waals surface area contributed by atoms with Gasteiger partial charge in [0.2, 0.25) is 10.0 Å². The van der Waals surface area contributed by atoms with Crippen molar-refractivity contribution in [3.05, 3.63) is 83.4 Å². The second-order valence-corrected chi connectivity index (χ2v) is 8.49. The van der Waals surface area contributed by atoms with Crippen molar-refractivity contribution in [2.75, 3.05) is 0 Å². The highest BCUT2D eigenvalue weighted by Crippen LogP contribution is 2.31. The number of H-pyrrole nitrogens is 1. The van der Waals surface area contributed by atoms with Gasteiger partial charge in [0.1, 0.15) is 11.6 Å². The first-order valence-electron chi connectivity index (χ1n) is 9.19. The van der Waals surface area contributed by atoms with Gasteiger partial charge in [0, 0.05) is 11.1 Å². The third-order valence-electron chi connectivity index (χ3n) is 4.75. The fourth-order valence-electron chi connectivity index (χ4n) is 3.24. The van der Waals surface area contributed by atoms with E-state index in [1.165, 1.54) is 18.2 Å². The van der Waals surface area contributed by atoms with E-state index >= 15 is 0 Å². The van der Waals surface area contributed by atoms with Crippen molar-refractivity contribution in [1.29, 1.82) is 0 Å². The van der Waals surface area contributed by atoms with Crippen LogP contribution in [0.25, 0.3) is 34.3 Å². The number of primary sulfonamides is 1. The molecule has 164 valence electrons. The zero-order valence-electron chi connectivity index (χ0n) is 16.2. The summed E-state index contributed by atoms with van der Waals surface area (Å²) in [5.41, 5.74) is 1.07. The quantitative estimate of drug-likeness (QED) is 0.409. The topological polar surface area (TPSA) is 88.8 Å². The molecule has 0 saturated heterocycles. The highest BCUT2D eigenvalue weighted by Gasteiger charge is 2.31. The molecule has 0 atom stereocenters. The zero-order chi connectivity index (χ0) is 23.1. The van der Waals surface area contributed by atoms with E-state index in [9.17, 15) is 26.0 Å². The number of nitrogens with one attached hydrogen (secondary N) is 1. The first-order valence-corrected chi connectivity index (χ1v) is 10.7. The molecule has 0 fully saturated rings. The maximum atomic E-state index is 14.0. The summed E-state index contributed by atoms with van der Waals surface area (Å²) in [5, 5.41) is 5.30. The Labute approximate surface area is 180 Å². The van der Waals surface area contributed by atoms with Gasteiger partial charge in [-0.3, -0.25) is 0 Å². The van der Waals surface area contributed by atoms with Crippen LogP contribution in [-0.2, 0) is 16.2 Å². The highest BCUT2D eigenvalue weighted by molar-refractivity contribution is 7.89. The van der Waals surface area contributed by atoms with E-state index in [-0.39, 0.29) is 10.5 Å².